The molecule has 0 aliphatic carbocycles. The number of carbonyl (C=O) groups is 1. The van der Waals surface area contributed by atoms with E-state index in [0.717, 1.165) is 50.5 Å². The molecule has 1 aromatic heterocycles. The monoisotopic (exact) mass is 464 g/mol. The highest BCUT2D eigenvalue weighted by Gasteiger charge is 2.21. The zero-order valence-electron chi connectivity index (χ0n) is 19.3. The number of amides is 1. The first-order chi connectivity index (χ1) is 17.1. The van der Waals surface area contributed by atoms with Crippen LogP contribution in [0.1, 0.15) is 6.92 Å². The van der Waals surface area contributed by atoms with Crippen molar-refractivity contribution in [3.63, 3.8) is 0 Å². The first-order valence-electron chi connectivity index (χ1n) is 11.5. The number of para-hydroxylation sites is 1. The van der Waals surface area contributed by atoms with Crippen LogP contribution in [0.15, 0.2) is 91.0 Å². The van der Waals surface area contributed by atoms with Crippen molar-refractivity contribution >= 4 is 50.7 Å². The summed E-state index contributed by atoms with van der Waals surface area (Å²) in [6, 6.07) is 29.9. The maximum Gasteiger partial charge on any atom is 0.239 e. The van der Waals surface area contributed by atoms with Crippen molar-refractivity contribution in [3.05, 3.63) is 91.0 Å². The quantitative estimate of drug-likeness (QED) is 0.206. The first kappa shape index (κ1) is 22.3. The van der Waals surface area contributed by atoms with Crippen LogP contribution >= 0.6 is 0 Å². The number of anilines is 4. The van der Waals surface area contributed by atoms with E-state index in [2.05, 4.69) is 26.6 Å². The normalized spacial score (nSPS) is 10.9. The third kappa shape index (κ3) is 4.90. The van der Waals surface area contributed by atoms with Crippen molar-refractivity contribution in [2.75, 3.05) is 29.1 Å². The summed E-state index contributed by atoms with van der Waals surface area (Å²) in [5.41, 5.74) is 8.09. The van der Waals surface area contributed by atoms with Gasteiger partial charge < -0.3 is 21.1 Å². The lowest BCUT2D eigenvalue weighted by Crippen LogP contribution is -2.33. The Balaban J connectivity index is 1.69. The van der Waals surface area contributed by atoms with Crippen LogP contribution in [0, 0.1) is 0 Å². The molecule has 5 aromatic rings. The van der Waals surface area contributed by atoms with Gasteiger partial charge in [-0.2, -0.15) is 0 Å². The Bertz CT molecular complexity index is 1500. The van der Waals surface area contributed by atoms with E-state index in [0.29, 0.717) is 6.54 Å². The van der Waals surface area contributed by atoms with Crippen LogP contribution in [0.4, 0.5) is 22.7 Å². The molecular weight excluding hydrogens is 438 g/mol. The number of aliphatic hydroxyl groups excluding tert-OH is 1. The Morgan fingerprint density at radius 2 is 1.43 bits per heavy atom. The molecule has 1 heterocycles. The predicted molar refractivity (Wildman–Crippen MR) is 140 cm³/mol. The van der Waals surface area contributed by atoms with Gasteiger partial charge in [0.05, 0.1) is 6.61 Å². The third-order valence-electron chi connectivity index (χ3n) is 5.62. The number of nitrogens with zero attached hydrogens (tertiary/aromatic N) is 2. The molecule has 0 spiro atoms. The molecule has 0 aliphatic rings. The van der Waals surface area contributed by atoms with Crippen molar-refractivity contribution < 1.29 is 14.5 Å². The fraction of sp³-hybridized carbons (Fsp3) is 0.107. The minimum Gasteiger partial charge on any atom is -0.395 e. The van der Waals surface area contributed by atoms with Crippen LogP contribution in [0.3, 0.4) is 0 Å². The number of fused-ring (bicyclic) bond motifs is 2. The Morgan fingerprint density at radius 3 is 2.09 bits per heavy atom. The summed E-state index contributed by atoms with van der Waals surface area (Å²) in [6.45, 7) is 2.00. The third-order valence-corrected chi connectivity index (χ3v) is 5.62. The van der Waals surface area contributed by atoms with Crippen LogP contribution in [0.25, 0.3) is 27.8 Å². The average molecular weight is 465 g/mol. The average Bonchev–Trinajstić information content (AvgIpc) is 2.87. The summed E-state index contributed by atoms with van der Waals surface area (Å²) in [6.07, 6.45) is 0. The minimum absolute atomic E-state index is 0.0487. The van der Waals surface area contributed by atoms with Gasteiger partial charge in [0.15, 0.2) is 0 Å². The van der Waals surface area contributed by atoms with Gasteiger partial charge in [0.1, 0.15) is 11.0 Å². The van der Waals surface area contributed by atoms with E-state index in [-0.39, 0.29) is 12.5 Å². The fourth-order valence-corrected chi connectivity index (χ4v) is 4.11. The molecule has 4 N–H and O–H groups in total. The minimum atomic E-state index is -0.110. The molecular formula is C28H26N5O2+. The predicted octanol–water partition coefficient (Wildman–Crippen LogP) is 4.77. The van der Waals surface area contributed by atoms with Crippen LogP contribution < -0.4 is 20.5 Å². The maximum absolute atomic E-state index is 11.5. The van der Waals surface area contributed by atoms with Gasteiger partial charge in [-0.05, 0) is 48.5 Å². The molecule has 35 heavy (non-hydrogen) atoms. The van der Waals surface area contributed by atoms with Crippen molar-refractivity contribution in [2.24, 2.45) is 0 Å². The molecule has 0 atom stereocenters. The smallest absolute Gasteiger partial charge is 0.239 e. The second kappa shape index (κ2) is 9.79. The first-order valence-corrected chi connectivity index (χ1v) is 11.5. The molecule has 0 bridgehead atoms. The lowest BCUT2D eigenvalue weighted by Gasteiger charge is -2.10. The molecule has 0 aliphatic heterocycles. The molecule has 7 heteroatoms. The van der Waals surface area contributed by atoms with Gasteiger partial charge >= 0.3 is 0 Å². The second-order valence-electron chi connectivity index (χ2n) is 8.22. The Morgan fingerprint density at radius 1 is 0.800 bits per heavy atom. The molecule has 174 valence electrons. The lowest BCUT2D eigenvalue weighted by molar-refractivity contribution is -0.538. The van der Waals surface area contributed by atoms with E-state index in [9.17, 15) is 9.90 Å². The summed E-state index contributed by atoms with van der Waals surface area (Å²) in [5.74, 6) is -0.110. The van der Waals surface area contributed by atoms with Gasteiger partial charge in [0.2, 0.25) is 22.6 Å². The number of aliphatic hydroxyl groups is 1. The van der Waals surface area contributed by atoms with Gasteiger partial charge in [0.25, 0.3) is 0 Å². The van der Waals surface area contributed by atoms with E-state index in [1.165, 1.54) is 6.92 Å². The zero-order valence-corrected chi connectivity index (χ0v) is 19.3. The zero-order chi connectivity index (χ0) is 24.2. The number of rotatable bonds is 7. The van der Waals surface area contributed by atoms with Crippen LogP contribution in [-0.2, 0) is 4.79 Å². The van der Waals surface area contributed by atoms with Crippen LogP contribution in [-0.4, -0.2) is 29.1 Å². The maximum atomic E-state index is 11.5. The number of hydrogen-bond donors (Lipinski definition) is 4. The number of benzene rings is 4. The van der Waals surface area contributed by atoms with Gasteiger partial charge in [-0.3, -0.25) is 4.79 Å². The van der Waals surface area contributed by atoms with Crippen molar-refractivity contribution in [2.45, 2.75) is 6.92 Å². The summed E-state index contributed by atoms with van der Waals surface area (Å²) in [5, 5.41) is 18.8. The molecule has 5 rings (SSSR count). The van der Waals surface area contributed by atoms with E-state index in [4.69, 9.17) is 4.98 Å². The lowest BCUT2D eigenvalue weighted by atomic mass is 10.1. The SMILES string of the molecule is CC(=O)Nc1ccc(-[n+]2c3cc(NCCO)ccc3nc3ccc(Nc4ccccc4)cc32)cc1. The highest BCUT2D eigenvalue weighted by molar-refractivity contribution is 5.89. The number of aromatic nitrogens is 2. The second-order valence-corrected chi connectivity index (χ2v) is 8.22. The molecule has 0 saturated heterocycles. The molecule has 0 radical (unpaired) electrons. The van der Waals surface area contributed by atoms with Crippen molar-refractivity contribution in [1.29, 1.82) is 0 Å². The van der Waals surface area contributed by atoms with Crippen molar-refractivity contribution in [3.8, 4) is 5.69 Å². The largest absolute Gasteiger partial charge is 0.395 e. The van der Waals surface area contributed by atoms with E-state index in [1.807, 2.05) is 84.9 Å². The fourth-order valence-electron chi connectivity index (χ4n) is 4.11. The topological polar surface area (TPSA) is 90.2 Å². The summed E-state index contributed by atoms with van der Waals surface area (Å²) < 4.78 is 2.16. The van der Waals surface area contributed by atoms with Crippen molar-refractivity contribution in [1.82, 2.24) is 4.98 Å². The number of carbonyl (C=O) groups excluding carboxylic acids is 1. The van der Waals surface area contributed by atoms with Gasteiger partial charge in [-0.25, -0.2) is 4.98 Å². The summed E-state index contributed by atoms with van der Waals surface area (Å²) in [7, 11) is 0. The van der Waals surface area contributed by atoms with Gasteiger partial charge in [-0.1, -0.05) is 18.2 Å². The summed E-state index contributed by atoms with van der Waals surface area (Å²) in [4.78, 5) is 16.4. The summed E-state index contributed by atoms with van der Waals surface area (Å²) >= 11 is 0. The Hall–Kier alpha value is -4.49. The Kier molecular flexibility index (Phi) is 6.24. The van der Waals surface area contributed by atoms with Crippen LogP contribution in [0.5, 0.6) is 0 Å². The van der Waals surface area contributed by atoms with Gasteiger partial charge in [-0.15, -0.1) is 4.57 Å². The van der Waals surface area contributed by atoms with E-state index >= 15 is 0 Å². The number of hydrogen-bond acceptors (Lipinski definition) is 5. The molecule has 4 aromatic carbocycles. The van der Waals surface area contributed by atoms with E-state index in [1.54, 1.807) is 0 Å². The van der Waals surface area contributed by atoms with Gasteiger partial charge in [0, 0.05) is 60.5 Å². The number of nitrogens with one attached hydrogen (secondary N) is 3. The standard InChI is InChI=1S/C28H25N5O2/c1-19(35)30-21-7-11-24(12-8-21)33-27-17-22(29-15-16-34)9-13-25(27)32-26-14-10-23(18-28(26)33)31-20-5-3-2-4-6-20/h2-14,17-18,34H,15-16H2,1H3,(H2,29,30,31,35)/p+1. The highest BCUT2D eigenvalue weighted by Crippen LogP contribution is 2.25. The van der Waals surface area contributed by atoms with Crippen LogP contribution in [0.2, 0.25) is 0 Å². The highest BCUT2D eigenvalue weighted by atomic mass is 16.3. The Labute approximate surface area is 203 Å². The molecule has 1 amide bonds. The molecule has 0 unspecified atom stereocenters. The molecule has 0 saturated carbocycles. The van der Waals surface area contributed by atoms with E-state index < -0.39 is 0 Å². The molecule has 7 nitrogen and oxygen atoms in total. The molecule has 0 fully saturated rings.